The second kappa shape index (κ2) is 5.60. The van der Waals surface area contributed by atoms with E-state index in [0.717, 1.165) is 0 Å². The van der Waals surface area contributed by atoms with Crippen molar-refractivity contribution in [1.82, 2.24) is 5.32 Å². The van der Waals surface area contributed by atoms with E-state index in [1.165, 1.54) is 25.0 Å². The van der Waals surface area contributed by atoms with Crippen molar-refractivity contribution in [2.75, 3.05) is 11.9 Å². The van der Waals surface area contributed by atoms with Gasteiger partial charge in [0.2, 0.25) is 5.91 Å². The predicted molar refractivity (Wildman–Crippen MR) is 68.4 cm³/mol. The van der Waals surface area contributed by atoms with Crippen LogP contribution in [0, 0.1) is 5.82 Å². The molecule has 0 radical (unpaired) electrons. The Morgan fingerprint density at radius 3 is 2.88 bits per heavy atom. The first-order valence-electron chi connectivity index (χ1n) is 5.63. The molecule has 1 fully saturated rings. The number of halogens is 2. The minimum atomic E-state index is -0.328. The summed E-state index contributed by atoms with van der Waals surface area (Å²) in [7, 11) is 0. The quantitative estimate of drug-likeness (QED) is 0.878. The average Bonchev–Trinajstić information content (AvgIpc) is 3.06. The molecule has 1 aromatic rings. The molecule has 0 bridgehead atoms. The summed E-state index contributed by atoms with van der Waals surface area (Å²) in [6, 6.07) is 4.81. The van der Waals surface area contributed by atoms with Crippen molar-refractivity contribution in [3.05, 3.63) is 28.5 Å². The maximum absolute atomic E-state index is 12.8. The largest absolute Gasteiger partial charge is 0.325 e. The molecule has 0 atom stereocenters. The maximum Gasteiger partial charge on any atom is 0.225 e. The molecule has 0 spiro atoms. The standard InChI is InChI=1S/C12H14BrFN2O/c13-10-7-8(14)1-4-11(10)16-12(17)5-6-15-9-2-3-9/h1,4,7,9,15H,2-3,5-6H2,(H,16,17). The number of rotatable bonds is 5. The highest BCUT2D eigenvalue weighted by atomic mass is 79.9. The molecule has 2 rings (SSSR count). The third-order valence-electron chi connectivity index (χ3n) is 2.57. The molecule has 0 aromatic heterocycles. The van der Waals surface area contributed by atoms with E-state index < -0.39 is 0 Å². The van der Waals surface area contributed by atoms with Crippen LogP contribution in [0.15, 0.2) is 22.7 Å². The number of hydrogen-bond donors (Lipinski definition) is 2. The van der Waals surface area contributed by atoms with E-state index in [1.54, 1.807) is 6.07 Å². The Kier molecular flexibility index (Phi) is 4.12. The van der Waals surface area contributed by atoms with E-state index in [9.17, 15) is 9.18 Å². The molecule has 1 aromatic carbocycles. The first kappa shape index (κ1) is 12.5. The van der Waals surface area contributed by atoms with Gasteiger partial charge >= 0.3 is 0 Å². The number of hydrogen-bond acceptors (Lipinski definition) is 2. The van der Waals surface area contributed by atoms with Crippen LogP contribution in [0.4, 0.5) is 10.1 Å². The van der Waals surface area contributed by atoms with Crippen molar-refractivity contribution in [2.24, 2.45) is 0 Å². The molecule has 0 aliphatic heterocycles. The lowest BCUT2D eigenvalue weighted by molar-refractivity contribution is -0.116. The fraction of sp³-hybridized carbons (Fsp3) is 0.417. The number of benzene rings is 1. The lowest BCUT2D eigenvalue weighted by atomic mass is 10.3. The van der Waals surface area contributed by atoms with Crippen molar-refractivity contribution in [3.8, 4) is 0 Å². The predicted octanol–water partition coefficient (Wildman–Crippen LogP) is 2.67. The van der Waals surface area contributed by atoms with Gasteiger partial charge in [-0.3, -0.25) is 4.79 Å². The Balaban J connectivity index is 1.79. The van der Waals surface area contributed by atoms with Crippen molar-refractivity contribution in [1.29, 1.82) is 0 Å². The topological polar surface area (TPSA) is 41.1 Å². The summed E-state index contributed by atoms with van der Waals surface area (Å²) >= 11 is 3.21. The summed E-state index contributed by atoms with van der Waals surface area (Å²) in [4.78, 5) is 11.6. The second-order valence-electron chi connectivity index (χ2n) is 4.15. The van der Waals surface area contributed by atoms with Gasteiger partial charge in [0.25, 0.3) is 0 Å². The van der Waals surface area contributed by atoms with E-state index in [4.69, 9.17) is 0 Å². The van der Waals surface area contributed by atoms with Crippen LogP contribution in [0.25, 0.3) is 0 Å². The average molecular weight is 301 g/mol. The zero-order chi connectivity index (χ0) is 12.3. The fourth-order valence-electron chi connectivity index (χ4n) is 1.48. The first-order chi connectivity index (χ1) is 8.15. The summed E-state index contributed by atoms with van der Waals surface area (Å²) in [6.45, 7) is 0.690. The van der Waals surface area contributed by atoms with Crippen molar-refractivity contribution >= 4 is 27.5 Å². The number of carbonyl (C=O) groups is 1. The number of carbonyl (C=O) groups excluding carboxylic acids is 1. The summed E-state index contributed by atoms with van der Waals surface area (Å²) in [5.74, 6) is -0.393. The van der Waals surface area contributed by atoms with Crippen LogP contribution in [0.2, 0.25) is 0 Å². The SMILES string of the molecule is O=C(CCNC1CC1)Nc1ccc(F)cc1Br. The summed E-state index contributed by atoms with van der Waals surface area (Å²) < 4.78 is 13.4. The lowest BCUT2D eigenvalue weighted by Crippen LogP contribution is -2.23. The van der Waals surface area contributed by atoms with E-state index in [-0.39, 0.29) is 11.7 Å². The zero-order valence-electron chi connectivity index (χ0n) is 9.30. The van der Waals surface area contributed by atoms with Crippen molar-refractivity contribution in [3.63, 3.8) is 0 Å². The van der Waals surface area contributed by atoms with Crippen molar-refractivity contribution in [2.45, 2.75) is 25.3 Å². The molecule has 0 heterocycles. The highest BCUT2D eigenvalue weighted by molar-refractivity contribution is 9.10. The van der Waals surface area contributed by atoms with Crippen LogP contribution >= 0.6 is 15.9 Å². The Bertz CT molecular complexity index is 421. The van der Waals surface area contributed by atoms with Gasteiger partial charge in [-0.05, 0) is 47.0 Å². The summed E-state index contributed by atoms with van der Waals surface area (Å²) in [5, 5.41) is 6.00. The molecular weight excluding hydrogens is 287 g/mol. The van der Waals surface area contributed by atoms with E-state index >= 15 is 0 Å². The summed E-state index contributed by atoms with van der Waals surface area (Å²) in [5.41, 5.74) is 0.600. The smallest absolute Gasteiger partial charge is 0.225 e. The molecule has 92 valence electrons. The molecule has 1 saturated carbocycles. The van der Waals surface area contributed by atoms with Gasteiger partial charge in [0.05, 0.1) is 5.69 Å². The van der Waals surface area contributed by atoms with Gasteiger partial charge in [0.1, 0.15) is 5.82 Å². The minimum absolute atomic E-state index is 0.0644. The molecule has 0 saturated heterocycles. The molecule has 3 nitrogen and oxygen atoms in total. The maximum atomic E-state index is 12.8. The molecule has 2 N–H and O–H groups in total. The molecule has 1 aliphatic rings. The molecule has 1 aliphatic carbocycles. The zero-order valence-corrected chi connectivity index (χ0v) is 10.9. The Morgan fingerprint density at radius 1 is 1.47 bits per heavy atom. The van der Waals surface area contributed by atoms with E-state index in [2.05, 4.69) is 26.6 Å². The van der Waals surface area contributed by atoms with Crippen molar-refractivity contribution < 1.29 is 9.18 Å². The highest BCUT2D eigenvalue weighted by Crippen LogP contribution is 2.23. The van der Waals surface area contributed by atoms with Crippen LogP contribution in [0.3, 0.4) is 0 Å². The van der Waals surface area contributed by atoms with Crippen LogP contribution in [0.5, 0.6) is 0 Å². The third-order valence-corrected chi connectivity index (χ3v) is 3.22. The molecule has 1 amide bonds. The monoisotopic (exact) mass is 300 g/mol. The summed E-state index contributed by atoms with van der Waals surface area (Å²) in [6.07, 6.45) is 2.86. The van der Waals surface area contributed by atoms with Crippen LogP contribution in [-0.2, 0) is 4.79 Å². The number of anilines is 1. The number of amides is 1. The van der Waals surface area contributed by atoms with Crippen LogP contribution in [-0.4, -0.2) is 18.5 Å². The van der Waals surface area contributed by atoms with E-state index in [0.29, 0.717) is 29.2 Å². The lowest BCUT2D eigenvalue weighted by Gasteiger charge is -2.07. The molecular formula is C12H14BrFN2O. The van der Waals surface area contributed by atoms with Gasteiger partial charge in [-0.1, -0.05) is 0 Å². The van der Waals surface area contributed by atoms with Crippen LogP contribution in [0.1, 0.15) is 19.3 Å². The normalized spacial score (nSPS) is 14.7. The minimum Gasteiger partial charge on any atom is -0.325 e. The molecule has 17 heavy (non-hydrogen) atoms. The highest BCUT2D eigenvalue weighted by Gasteiger charge is 2.20. The Morgan fingerprint density at radius 2 is 2.24 bits per heavy atom. The second-order valence-corrected chi connectivity index (χ2v) is 5.01. The Hall–Kier alpha value is -0.940. The van der Waals surface area contributed by atoms with Gasteiger partial charge in [0.15, 0.2) is 0 Å². The first-order valence-corrected chi connectivity index (χ1v) is 6.43. The fourth-order valence-corrected chi connectivity index (χ4v) is 1.93. The van der Waals surface area contributed by atoms with Gasteiger partial charge in [-0.15, -0.1) is 0 Å². The van der Waals surface area contributed by atoms with Gasteiger partial charge in [0, 0.05) is 23.5 Å². The number of nitrogens with one attached hydrogen (secondary N) is 2. The van der Waals surface area contributed by atoms with E-state index in [1.807, 2.05) is 0 Å². The van der Waals surface area contributed by atoms with Gasteiger partial charge < -0.3 is 10.6 Å². The molecule has 0 unspecified atom stereocenters. The molecule has 5 heteroatoms. The van der Waals surface area contributed by atoms with Gasteiger partial charge in [-0.25, -0.2) is 4.39 Å². The Labute approximate surface area is 108 Å². The van der Waals surface area contributed by atoms with Gasteiger partial charge in [-0.2, -0.15) is 0 Å². The third kappa shape index (κ3) is 4.09. The van der Waals surface area contributed by atoms with Crippen LogP contribution < -0.4 is 10.6 Å².